The quantitative estimate of drug-likeness (QED) is 0.734. The molecule has 0 saturated carbocycles. The van der Waals surface area contributed by atoms with Crippen LogP contribution in [0, 0.1) is 6.92 Å². The number of morpholine rings is 1. The van der Waals surface area contributed by atoms with E-state index in [0.717, 1.165) is 67.0 Å². The van der Waals surface area contributed by atoms with Gasteiger partial charge < -0.3 is 14.2 Å². The SMILES string of the molecule is CCn1c(-c2ccncc2)nc2c(N3CCOCC3)nc(C)nc21. The fourth-order valence-electron chi connectivity index (χ4n) is 3.11. The van der Waals surface area contributed by atoms with E-state index in [2.05, 4.69) is 31.3 Å². The first-order chi connectivity index (χ1) is 11.8. The second kappa shape index (κ2) is 6.16. The van der Waals surface area contributed by atoms with Gasteiger partial charge in [0.15, 0.2) is 17.0 Å². The van der Waals surface area contributed by atoms with E-state index in [9.17, 15) is 0 Å². The molecule has 3 aromatic heterocycles. The van der Waals surface area contributed by atoms with Gasteiger partial charge in [0.1, 0.15) is 11.6 Å². The average Bonchev–Trinajstić information content (AvgIpc) is 3.01. The maximum Gasteiger partial charge on any atom is 0.166 e. The van der Waals surface area contributed by atoms with Crippen molar-refractivity contribution in [1.82, 2.24) is 24.5 Å². The molecule has 7 nitrogen and oxygen atoms in total. The number of rotatable bonds is 3. The van der Waals surface area contributed by atoms with Crippen molar-refractivity contribution in [2.75, 3.05) is 31.2 Å². The van der Waals surface area contributed by atoms with Crippen LogP contribution in [0.25, 0.3) is 22.6 Å². The molecule has 1 fully saturated rings. The summed E-state index contributed by atoms with van der Waals surface area (Å²) in [6.45, 7) is 7.93. The number of pyridine rings is 1. The first-order valence-corrected chi connectivity index (χ1v) is 8.26. The van der Waals surface area contributed by atoms with Crippen LogP contribution in [0.15, 0.2) is 24.5 Å². The standard InChI is InChI=1S/C17H20N6O/c1-3-23-15(13-4-6-18-7-5-13)21-14-16(19-12(2)20-17(14)23)22-8-10-24-11-9-22/h4-7H,3,8-11H2,1-2H3. The van der Waals surface area contributed by atoms with Crippen molar-refractivity contribution in [2.24, 2.45) is 0 Å². The maximum atomic E-state index is 5.47. The summed E-state index contributed by atoms with van der Waals surface area (Å²) in [6.07, 6.45) is 3.57. The number of imidazole rings is 1. The van der Waals surface area contributed by atoms with Gasteiger partial charge in [-0.15, -0.1) is 0 Å². The lowest BCUT2D eigenvalue weighted by Gasteiger charge is -2.27. The third-order valence-electron chi connectivity index (χ3n) is 4.25. The van der Waals surface area contributed by atoms with E-state index in [1.54, 1.807) is 12.4 Å². The van der Waals surface area contributed by atoms with Crippen LogP contribution in [0.5, 0.6) is 0 Å². The van der Waals surface area contributed by atoms with Gasteiger partial charge in [-0.2, -0.15) is 0 Å². The van der Waals surface area contributed by atoms with Gasteiger partial charge in [0.2, 0.25) is 0 Å². The van der Waals surface area contributed by atoms with Crippen molar-refractivity contribution in [3.05, 3.63) is 30.4 Å². The highest BCUT2D eigenvalue weighted by atomic mass is 16.5. The van der Waals surface area contributed by atoms with E-state index >= 15 is 0 Å². The van der Waals surface area contributed by atoms with Crippen molar-refractivity contribution in [3.8, 4) is 11.4 Å². The minimum absolute atomic E-state index is 0.718. The molecule has 0 bridgehead atoms. The lowest BCUT2D eigenvalue weighted by molar-refractivity contribution is 0.122. The lowest BCUT2D eigenvalue weighted by atomic mass is 10.2. The largest absolute Gasteiger partial charge is 0.378 e. The summed E-state index contributed by atoms with van der Waals surface area (Å²) >= 11 is 0. The van der Waals surface area contributed by atoms with E-state index in [-0.39, 0.29) is 0 Å². The third-order valence-corrected chi connectivity index (χ3v) is 4.25. The Morgan fingerprint density at radius 1 is 1.08 bits per heavy atom. The van der Waals surface area contributed by atoms with Gasteiger partial charge in [0.25, 0.3) is 0 Å². The Morgan fingerprint density at radius 2 is 1.83 bits per heavy atom. The van der Waals surface area contributed by atoms with E-state index in [0.29, 0.717) is 0 Å². The molecule has 1 aliphatic heterocycles. The Balaban J connectivity index is 1.93. The van der Waals surface area contributed by atoms with Gasteiger partial charge >= 0.3 is 0 Å². The van der Waals surface area contributed by atoms with E-state index in [1.807, 2.05) is 19.1 Å². The summed E-state index contributed by atoms with van der Waals surface area (Å²) in [5.41, 5.74) is 2.78. The van der Waals surface area contributed by atoms with E-state index in [1.165, 1.54) is 0 Å². The highest BCUT2D eigenvalue weighted by molar-refractivity contribution is 5.87. The fourth-order valence-corrected chi connectivity index (χ4v) is 3.11. The Hall–Kier alpha value is -2.54. The van der Waals surface area contributed by atoms with Crippen LogP contribution < -0.4 is 4.90 Å². The molecule has 124 valence electrons. The van der Waals surface area contributed by atoms with Crippen molar-refractivity contribution in [2.45, 2.75) is 20.4 Å². The second-order valence-electron chi connectivity index (χ2n) is 5.78. The highest BCUT2D eigenvalue weighted by Gasteiger charge is 2.22. The number of aryl methyl sites for hydroxylation is 2. The van der Waals surface area contributed by atoms with Crippen molar-refractivity contribution >= 4 is 17.0 Å². The highest BCUT2D eigenvalue weighted by Crippen LogP contribution is 2.29. The second-order valence-corrected chi connectivity index (χ2v) is 5.78. The van der Waals surface area contributed by atoms with Crippen molar-refractivity contribution < 1.29 is 4.74 Å². The molecule has 4 rings (SSSR count). The summed E-state index contributed by atoms with van der Waals surface area (Å²) in [7, 11) is 0. The summed E-state index contributed by atoms with van der Waals surface area (Å²) in [5, 5.41) is 0. The minimum atomic E-state index is 0.718. The van der Waals surface area contributed by atoms with Gasteiger partial charge in [-0.05, 0) is 26.0 Å². The van der Waals surface area contributed by atoms with E-state index < -0.39 is 0 Å². The maximum absolute atomic E-state index is 5.47. The van der Waals surface area contributed by atoms with E-state index in [4.69, 9.17) is 9.72 Å². The number of hydrogen-bond acceptors (Lipinski definition) is 6. The van der Waals surface area contributed by atoms with Crippen molar-refractivity contribution in [3.63, 3.8) is 0 Å². The van der Waals surface area contributed by atoms with Crippen molar-refractivity contribution in [1.29, 1.82) is 0 Å². The van der Waals surface area contributed by atoms with Gasteiger partial charge in [0, 0.05) is 37.6 Å². The summed E-state index contributed by atoms with van der Waals surface area (Å²) in [4.78, 5) is 20.6. The molecule has 0 amide bonds. The number of aromatic nitrogens is 5. The minimum Gasteiger partial charge on any atom is -0.378 e. The van der Waals surface area contributed by atoms with Crippen LogP contribution in [0.4, 0.5) is 5.82 Å². The molecule has 0 N–H and O–H groups in total. The molecule has 3 aromatic rings. The molecule has 0 spiro atoms. The van der Waals surface area contributed by atoms with Gasteiger partial charge in [0.05, 0.1) is 13.2 Å². The molecule has 7 heteroatoms. The third kappa shape index (κ3) is 2.50. The molecule has 1 aliphatic rings. The van der Waals surface area contributed by atoms with Crippen LogP contribution in [-0.4, -0.2) is 50.8 Å². The normalized spacial score (nSPS) is 15.2. The smallest absolute Gasteiger partial charge is 0.166 e. The van der Waals surface area contributed by atoms with Gasteiger partial charge in [-0.3, -0.25) is 4.98 Å². The molecule has 0 unspecified atom stereocenters. The van der Waals surface area contributed by atoms with Crippen LogP contribution in [0.1, 0.15) is 12.7 Å². The number of anilines is 1. The topological polar surface area (TPSA) is 69.0 Å². The molecule has 0 atom stereocenters. The zero-order chi connectivity index (χ0) is 16.5. The van der Waals surface area contributed by atoms with Crippen LogP contribution >= 0.6 is 0 Å². The fraction of sp³-hybridized carbons (Fsp3) is 0.412. The first kappa shape index (κ1) is 15.0. The zero-order valence-corrected chi connectivity index (χ0v) is 13.9. The zero-order valence-electron chi connectivity index (χ0n) is 13.9. The number of ether oxygens (including phenoxy) is 1. The molecule has 0 aliphatic carbocycles. The molecule has 1 saturated heterocycles. The molecular weight excluding hydrogens is 304 g/mol. The average molecular weight is 324 g/mol. The Bertz CT molecular complexity index is 854. The van der Waals surface area contributed by atoms with Crippen LogP contribution in [0.3, 0.4) is 0 Å². The Kier molecular flexibility index (Phi) is 3.86. The number of fused-ring (bicyclic) bond motifs is 1. The first-order valence-electron chi connectivity index (χ1n) is 8.26. The predicted molar refractivity (Wildman–Crippen MR) is 92.0 cm³/mol. The lowest BCUT2D eigenvalue weighted by Crippen LogP contribution is -2.37. The van der Waals surface area contributed by atoms with Gasteiger partial charge in [-0.25, -0.2) is 15.0 Å². The molecule has 0 aromatic carbocycles. The summed E-state index contributed by atoms with van der Waals surface area (Å²) < 4.78 is 7.61. The van der Waals surface area contributed by atoms with Crippen LogP contribution in [0.2, 0.25) is 0 Å². The monoisotopic (exact) mass is 324 g/mol. The molecule has 0 radical (unpaired) electrons. The predicted octanol–water partition coefficient (Wildman–Crippen LogP) is 2.05. The molecule has 4 heterocycles. The summed E-state index contributed by atoms with van der Waals surface area (Å²) in [6, 6.07) is 3.95. The Morgan fingerprint density at radius 3 is 2.54 bits per heavy atom. The van der Waals surface area contributed by atoms with Gasteiger partial charge in [-0.1, -0.05) is 0 Å². The summed E-state index contributed by atoms with van der Waals surface area (Å²) in [5.74, 6) is 2.58. The number of hydrogen-bond donors (Lipinski definition) is 0. The number of nitrogens with zero attached hydrogens (tertiary/aromatic N) is 6. The molecule has 24 heavy (non-hydrogen) atoms. The molecular formula is C17H20N6O. The Labute approximate surface area is 140 Å². The van der Waals surface area contributed by atoms with Crippen LogP contribution in [-0.2, 0) is 11.3 Å².